The Bertz CT molecular complexity index is 618. The highest BCUT2D eigenvalue weighted by atomic mass is 16.7. The van der Waals surface area contributed by atoms with Gasteiger partial charge in [-0.1, -0.05) is 0 Å². The van der Waals surface area contributed by atoms with Crippen LogP contribution in [0.2, 0.25) is 0 Å². The van der Waals surface area contributed by atoms with Crippen molar-refractivity contribution in [2.24, 2.45) is 0 Å². The van der Waals surface area contributed by atoms with Gasteiger partial charge in [-0.2, -0.15) is 0 Å². The lowest BCUT2D eigenvalue weighted by atomic mass is 9.96. The first kappa shape index (κ1) is 23.0. The molecule has 2 aliphatic rings. The molecule has 0 bridgehead atoms. The second-order valence-corrected chi connectivity index (χ2v) is 6.74. The Morgan fingerprint density at radius 1 is 0.793 bits per heavy atom. The van der Waals surface area contributed by atoms with Gasteiger partial charge in [-0.3, -0.25) is 24.1 Å². The van der Waals surface area contributed by atoms with Gasteiger partial charge in [0.05, 0.1) is 13.2 Å². The van der Waals surface area contributed by atoms with Crippen LogP contribution < -0.4 is 0 Å². The van der Waals surface area contributed by atoms with E-state index in [4.69, 9.17) is 28.4 Å². The summed E-state index contributed by atoms with van der Waals surface area (Å²) in [5, 5.41) is 0. The van der Waals surface area contributed by atoms with E-state index in [0.717, 1.165) is 0 Å². The smallest absolute Gasteiger partial charge is 0.303 e. The normalized spacial score (nSPS) is 30.1. The lowest BCUT2D eigenvalue weighted by Crippen LogP contribution is -2.67. The first-order chi connectivity index (χ1) is 13.7. The fraction of sp³-hybridized carbons (Fsp3) is 0.778. The van der Waals surface area contributed by atoms with Gasteiger partial charge in [0.15, 0.2) is 24.5 Å². The van der Waals surface area contributed by atoms with Crippen molar-refractivity contribution >= 4 is 23.9 Å². The van der Waals surface area contributed by atoms with Crippen molar-refractivity contribution < 1.29 is 47.6 Å². The zero-order valence-electron chi connectivity index (χ0n) is 17.0. The molecule has 0 N–H and O–H groups in total. The summed E-state index contributed by atoms with van der Waals surface area (Å²) in [5.41, 5.74) is 0. The average molecular weight is 417 g/mol. The van der Waals surface area contributed by atoms with E-state index < -0.39 is 54.5 Å². The molecule has 29 heavy (non-hydrogen) atoms. The number of hydrogen-bond acceptors (Lipinski definition) is 11. The summed E-state index contributed by atoms with van der Waals surface area (Å²) in [6, 6.07) is 0. The highest BCUT2D eigenvalue weighted by Crippen LogP contribution is 2.31. The molecule has 2 rings (SSSR count). The third-order valence-electron chi connectivity index (χ3n) is 4.37. The van der Waals surface area contributed by atoms with Crippen molar-refractivity contribution in [2.45, 2.75) is 58.3 Å². The largest absolute Gasteiger partial charge is 0.463 e. The monoisotopic (exact) mass is 417 g/mol. The summed E-state index contributed by atoms with van der Waals surface area (Å²) in [6.45, 7) is 6.42. The maximum atomic E-state index is 11.8. The number of ether oxygens (including phenoxy) is 6. The van der Waals surface area contributed by atoms with Gasteiger partial charge in [0, 0.05) is 40.8 Å². The third kappa shape index (κ3) is 6.65. The number of esters is 4. The van der Waals surface area contributed by atoms with Crippen LogP contribution in [0.5, 0.6) is 0 Å². The molecule has 0 aliphatic carbocycles. The molecule has 2 saturated heterocycles. The van der Waals surface area contributed by atoms with Crippen LogP contribution in [0, 0.1) is 0 Å². The van der Waals surface area contributed by atoms with Crippen molar-refractivity contribution in [1.29, 1.82) is 0 Å². The Labute approximate surface area is 168 Å². The number of carbonyl (C=O) groups excluding carboxylic acids is 4. The molecule has 11 heteroatoms. The zero-order valence-corrected chi connectivity index (χ0v) is 17.0. The maximum Gasteiger partial charge on any atom is 0.303 e. The van der Waals surface area contributed by atoms with Gasteiger partial charge in [-0.05, 0) is 0 Å². The number of morpholine rings is 1. The van der Waals surface area contributed by atoms with Crippen LogP contribution in [0.25, 0.3) is 0 Å². The van der Waals surface area contributed by atoms with Gasteiger partial charge in [-0.15, -0.1) is 0 Å². The van der Waals surface area contributed by atoms with Gasteiger partial charge in [0.25, 0.3) is 0 Å². The van der Waals surface area contributed by atoms with Crippen LogP contribution in [0.15, 0.2) is 0 Å². The van der Waals surface area contributed by atoms with Gasteiger partial charge in [-0.25, -0.2) is 0 Å². The molecule has 5 unspecified atom stereocenters. The topological polar surface area (TPSA) is 127 Å². The number of nitrogens with zero attached hydrogens (tertiary/aromatic N) is 1. The standard InChI is InChI=1S/C18H27NO10/c1-10(20)25-9-14-15(26-11(2)21)16(27-12(3)22)17(28-13(4)23)18(29-14)19-5-7-24-8-6-19/h14-18H,5-9H2,1-4H3. The molecule has 5 atom stereocenters. The van der Waals surface area contributed by atoms with E-state index in [0.29, 0.717) is 26.3 Å². The lowest BCUT2D eigenvalue weighted by Gasteiger charge is -2.48. The summed E-state index contributed by atoms with van der Waals surface area (Å²) < 4.78 is 32.6. The van der Waals surface area contributed by atoms with E-state index in [1.165, 1.54) is 27.7 Å². The third-order valence-corrected chi connectivity index (χ3v) is 4.37. The second-order valence-electron chi connectivity index (χ2n) is 6.74. The highest BCUT2D eigenvalue weighted by molar-refractivity contribution is 5.68. The van der Waals surface area contributed by atoms with E-state index in [1.807, 2.05) is 4.90 Å². The number of hydrogen-bond donors (Lipinski definition) is 0. The van der Waals surface area contributed by atoms with Crippen LogP contribution in [-0.2, 0) is 47.6 Å². The Kier molecular flexibility index (Phi) is 8.35. The van der Waals surface area contributed by atoms with E-state index >= 15 is 0 Å². The van der Waals surface area contributed by atoms with Crippen molar-refractivity contribution in [3.05, 3.63) is 0 Å². The maximum absolute atomic E-state index is 11.8. The summed E-state index contributed by atoms with van der Waals surface area (Å²) >= 11 is 0. The van der Waals surface area contributed by atoms with E-state index in [2.05, 4.69) is 0 Å². The molecule has 0 radical (unpaired) electrons. The Balaban J connectivity index is 2.40. The first-order valence-corrected chi connectivity index (χ1v) is 9.31. The van der Waals surface area contributed by atoms with Gasteiger partial charge < -0.3 is 28.4 Å². The van der Waals surface area contributed by atoms with E-state index in [1.54, 1.807) is 0 Å². The van der Waals surface area contributed by atoms with Crippen molar-refractivity contribution in [3.63, 3.8) is 0 Å². The number of rotatable bonds is 6. The molecule has 0 amide bonds. The molecule has 11 nitrogen and oxygen atoms in total. The molecular formula is C18H27NO10. The molecular weight excluding hydrogens is 390 g/mol. The van der Waals surface area contributed by atoms with Crippen LogP contribution in [0.4, 0.5) is 0 Å². The molecule has 0 saturated carbocycles. The Morgan fingerprint density at radius 2 is 1.31 bits per heavy atom. The molecule has 0 aromatic carbocycles. The lowest BCUT2D eigenvalue weighted by molar-refractivity contribution is -0.282. The molecule has 0 aromatic rings. The van der Waals surface area contributed by atoms with Crippen LogP contribution >= 0.6 is 0 Å². The Hall–Kier alpha value is -2.24. The van der Waals surface area contributed by atoms with Gasteiger partial charge >= 0.3 is 23.9 Å². The average Bonchev–Trinajstić information content (AvgIpc) is 2.63. The minimum Gasteiger partial charge on any atom is -0.463 e. The molecule has 2 aliphatic heterocycles. The fourth-order valence-corrected chi connectivity index (χ4v) is 3.33. The fourth-order valence-electron chi connectivity index (χ4n) is 3.33. The predicted molar refractivity (Wildman–Crippen MR) is 94.3 cm³/mol. The predicted octanol–water partition coefficient (Wildman–Crippen LogP) is -0.598. The summed E-state index contributed by atoms with van der Waals surface area (Å²) in [6.07, 6.45) is -5.11. The van der Waals surface area contributed by atoms with Crippen molar-refractivity contribution in [1.82, 2.24) is 4.90 Å². The quantitative estimate of drug-likeness (QED) is 0.406. The van der Waals surface area contributed by atoms with E-state index in [9.17, 15) is 19.2 Å². The molecule has 2 fully saturated rings. The van der Waals surface area contributed by atoms with Crippen LogP contribution in [0.1, 0.15) is 27.7 Å². The molecule has 0 spiro atoms. The molecule has 2 heterocycles. The second kappa shape index (κ2) is 10.5. The minimum atomic E-state index is -1.15. The highest BCUT2D eigenvalue weighted by Gasteiger charge is 2.53. The summed E-state index contributed by atoms with van der Waals surface area (Å²) in [7, 11) is 0. The first-order valence-electron chi connectivity index (χ1n) is 9.31. The summed E-state index contributed by atoms with van der Waals surface area (Å²) in [4.78, 5) is 48.4. The number of carbonyl (C=O) groups is 4. The van der Waals surface area contributed by atoms with Crippen molar-refractivity contribution in [3.8, 4) is 0 Å². The molecule has 0 aromatic heterocycles. The zero-order chi connectivity index (χ0) is 21.6. The molecule has 164 valence electrons. The Morgan fingerprint density at radius 3 is 1.83 bits per heavy atom. The SMILES string of the molecule is CC(=O)OCC1OC(N2CCOCC2)C(OC(C)=O)C(OC(C)=O)C1OC(C)=O. The van der Waals surface area contributed by atoms with Crippen LogP contribution in [-0.4, -0.2) is 92.3 Å². The van der Waals surface area contributed by atoms with E-state index in [-0.39, 0.29) is 6.61 Å². The van der Waals surface area contributed by atoms with Gasteiger partial charge in [0.2, 0.25) is 0 Å². The summed E-state index contributed by atoms with van der Waals surface area (Å²) in [5.74, 6) is -2.48. The van der Waals surface area contributed by atoms with Crippen molar-refractivity contribution in [2.75, 3.05) is 32.9 Å². The van der Waals surface area contributed by atoms with Gasteiger partial charge in [0.1, 0.15) is 12.7 Å². The minimum absolute atomic E-state index is 0.237. The van der Waals surface area contributed by atoms with Crippen LogP contribution in [0.3, 0.4) is 0 Å².